The summed E-state index contributed by atoms with van der Waals surface area (Å²) in [5, 5.41) is 3.47. The van der Waals surface area contributed by atoms with Crippen LogP contribution in [0.2, 0.25) is 0 Å². The van der Waals surface area contributed by atoms with Crippen LogP contribution in [0.3, 0.4) is 0 Å². The standard InChI is InChI=1S/C8H9N3S/c1-12-8-4-2-7(3-5-8)6-10-11-9/h2-5H,6H2,1H3. The molecule has 0 heterocycles. The molecule has 0 unspecified atom stereocenters. The highest BCUT2D eigenvalue weighted by Gasteiger charge is 1.90. The molecule has 0 amide bonds. The van der Waals surface area contributed by atoms with Crippen molar-refractivity contribution in [3.8, 4) is 0 Å². The predicted octanol–water partition coefficient (Wildman–Crippen LogP) is 3.22. The summed E-state index contributed by atoms with van der Waals surface area (Å²) in [4.78, 5) is 3.92. The molecule has 1 aromatic rings. The minimum atomic E-state index is 0.436. The highest BCUT2D eigenvalue weighted by molar-refractivity contribution is 7.98. The molecule has 1 aromatic carbocycles. The number of benzene rings is 1. The minimum absolute atomic E-state index is 0.436. The SMILES string of the molecule is CSc1ccc(CN=[N+]=[N-])cc1. The lowest BCUT2D eigenvalue weighted by molar-refractivity contribution is 1.04. The van der Waals surface area contributed by atoms with Crippen LogP contribution < -0.4 is 0 Å². The molecule has 3 nitrogen and oxygen atoms in total. The molecule has 0 N–H and O–H groups in total. The second-order valence-corrected chi connectivity index (χ2v) is 3.12. The van der Waals surface area contributed by atoms with Gasteiger partial charge in [-0.2, -0.15) is 0 Å². The van der Waals surface area contributed by atoms with E-state index in [4.69, 9.17) is 5.53 Å². The zero-order valence-electron chi connectivity index (χ0n) is 6.77. The Bertz CT molecular complexity index is 288. The number of azide groups is 1. The van der Waals surface area contributed by atoms with Gasteiger partial charge in [0.15, 0.2) is 0 Å². The number of hydrogen-bond acceptors (Lipinski definition) is 2. The zero-order chi connectivity index (χ0) is 8.81. The van der Waals surface area contributed by atoms with Gasteiger partial charge in [-0.25, -0.2) is 0 Å². The summed E-state index contributed by atoms with van der Waals surface area (Å²) in [6, 6.07) is 7.99. The van der Waals surface area contributed by atoms with Gasteiger partial charge in [0.25, 0.3) is 0 Å². The van der Waals surface area contributed by atoms with E-state index in [1.54, 1.807) is 11.8 Å². The molecule has 62 valence electrons. The summed E-state index contributed by atoms with van der Waals surface area (Å²) in [5.41, 5.74) is 9.13. The van der Waals surface area contributed by atoms with Crippen molar-refractivity contribution in [2.75, 3.05) is 6.26 Å². The Morgan fingerprint density at radius 1 is 1.42 bits per heavy atom. The molecular formula is C8H9N3S. The molecule has 0 aliphatic carbocycles. The normalized spacial score (nSPS) is 9.08. The molecule has 0 fully saturated rings. The van der Waals surface area contributed by atoms with Crippen LogP contribution >= 0.6 is 11.8 Å². The largest absolute Gasteiger partial charge is 0.130 e. The average Bonchev–Trinajstić information content (AvgIpc) is 2.15. The van der Waals surface area contributed by atoms with Crippen LogP contribution in [0.15, 0.2) is 34.3 Å². The summed E-state index contributed by atoms with van der Waals surface area (Å²) in [6.07, 6.45) is 2.03. The molecule has 0 radical (unpaired) electrons. The van der Waals surface area contributed by atoms with Crippen LogP contribution in [0.5, 0.6) is 0 Å². The summed E-state index contributed by atoms with van der Waals surface area (Å²) in [6.45, 7) is 0.436. The highest BCUT2D eigenvalue weighted by Crippen LogP contribution is 2.15. The van der Waals surface area contributed by atoms with Gasteiger partial charge in [0, 0.05) is 9.81 Å². The smallest absolute Gasteiger partial charge is 0.0510 e. The van der Waals surface area contributed by atoms with Crippen LogP contribution in [-0.4, -0.2) is 6.26 Å². The van der Waals surface area contributed by atoms with Gasteiger partial charge in [0.05, 0.1) is 6.54 Å². The molecule has 0 aliphatic rings. The van der Waals surface area contributed by atoms with Crippen molar-refractivity contribution in [2.45, 2.75) is 11.4 Å². The van der Waals surface area contributed by atoms with E-state index in [0.29, 0.717) is 6.54 Å². The highest BCUT2D eigenvalue weighted by atomic mass is 32.2. The van der Waals surface area contributed by atoms with Crippen LogP contribution in [0, 0.1) is 0 Å². The maximum atomic E-state index is 8.08. The van der Waals surface area contributed by atoms with Crippen molar-refractivity contribution in [1.82, 2.24) is 0 Å². The lowest BCUT2D eigenvalue weighted by atomic mass is 10.2. The molecule has 0 spiro atoms. The van der Waals surface area contributed by atoms with Crippen molar-refractivity contribution in [3.63, 3.8) is 0 Å². The van der Waals surface area contributed by atoms with E-state index in [-0.39, 0.29) is 0 Å². The topological polar surface area (TPSA) is 48.8 Å². The third-order valence-electron chi connectivity index (χ3n) is 1.48. The lowest BCUT2D eigenvalue weighted by Gasteiger charge is -1.97. The second kappa shape index (κ2) is 4.70. The first-order valence-electron chi connectivity index (χ1n) is 3.50. The van der Waals surface area contributed by atoms with Crippen LogP contribution in [0.4, 0.5) is 0 Å². The maximum Gasteiger partial charge on any atom is 0.0510 e. The molecule has 4 heteroatoms. The maximum absolute atomic E-state index is 8.08. The van der Waals surface area contributed by atoms with E-state index < -0.39 is 0 Å². The Balaban J connectivity index is 2.70. The van der Waals surface area contributed by atoms with Crippen molar-refractivity contribution in [1.29, 1.82) is 0 Å². The summed E-state index contributed by atoms with van der Waals surface area (Å²) < 4.78 is 0. The Morgan fingerprint density at radius 2 is 2.08 bits per heavy atom. The van der Waals surface area contributed by atoms with Gasteiger partial charge < -0.3 is 0 Å². The number of rotatable bonds is 3. The fourth-order valence-electron chi connectivity index (χ4n) is 0.844. The molecule has 12 heavy (non-hydrogen) atoms. The lowest BCUT2D eigenvalue weighted by Crippen LogP contribution is -1.78. The zero-order valence-corrected chi connectivity index (χ0v) is 7.58. The first-order valence-corrected chi connectivity index (χ1v) is 4.73. The molecule has 0 atom stereocenters. The van der Waals surface area contributed by atoms with Crippen LogP contribution in [-0.2, 0) is 6.54 Å². The van der Waals surface area contributed by atoms with Gasteiger partial charge in [-0.15, -0.1) is 11.8 Å². The van der Waals surface area contributed by atoms with Crippen molar-refractivity contribution < 1.29 is 0 Å². The Morgan fingerprint density at radius 3 is 2.58 bits per heavy atom. The van der Waals surface area contributed by atoms with Gasteiger partial charge in [-0.1, -0.05) is 17.2 Å². The van der Waals surface area contributed by atoms with E-state index in [1.165, 1.54) is 4.90 Å². The van der Waals surface area contributed by atoms with E-state index in [9.17, 15) is 0 Å². The van der Waals surface area contributed by atoms with E-state index in [2.05, 4.69) is 10.0 Å². The molecule has 1 rings (SSSR count). The molecule has 0 saturated heterocycles. The first kappa shape index (κ1) is 8.97. The summed E-state index contributed by atoms with van der Waals surface area (Å²) in [7, 11) is 0. The fourth-order valence-corrected chi connectivity index (χ4v) is 1.25. The van der Waals surface area contributed by atoms with E-state index in [1.807, 2.05) is 30.5 Å². The summed E-state index contributed by atoms with van der Waals surface area (Å²) >= 11 is 1.70. The van der Waals surface area contributed by atoms with Crippen LogP contribution in [0.25, 0.3) is 10.4 Å². The van der Waals surface area contributed by atoms with Gasteiger partial charge in [-0.05, 0) is 29.5 Å². The van der Waals surface area contributed by atoms with Crippen molar-refractivity contribution in [2.24, 2.45) is 5.11 Å². The van der Waals surface area contributed by atoms with Crippen LogP contribution in [0.1, 0.15) is 5.56 Å². The minimum Gasteiger partial charge on any atom is -0.130 e. The monoisotopic (exact) mass is 179 g/mol. The van der Waals surface area contributed by atoms with Gasteiger partial charge in [0.2, 0.25) is 0 Å². The molecule has 0 aromatic heterocycles. The Kier molecular flexibility index (Phi) is 3.51. The second-order valence-electron chi connectivity index (χ2n) is 2.24. The molecular weight excluding hydrogens is 170 g/mol. The average molecular weight is 179 g/mol. The Hall–Kier alpha value is -1.12. The van der Waals surface area contributed by atoms with Crippen molar-refractivity contribution in [3.05, 3.63) is 40.3 Å². The van der Waals surface area contributed by atoms with E-state index >= 15 is 0 Å². The number of hydrogen-bond donors (Lipinski definition) is 0. The van der Waals surface area contributed by atoms with Gasteiger partial charge in [-0.3, -0.25) is 0 Å². The third kappa shape index (κ3) is 2.49. The summed E-state index contributed by atoms with van der Waals surface area (Å²) in [5.74, 6) is 0. The number of thioether (sulfide) groups is 1. The predicted molar refractivity (Wildman–Crippen MR) is 51.1 cm³/mol. The van der Waals surface area contributed by atoms with Gasteiger partial charge >= 0.3 is 0 Å². The van der Waals surface area contributed by atoms with Crippen molar-refractivity contribution >= 4 is 11.8 Å². The van der Waals surface area contributed by atoms with Gasteiger partial charge in [0.1, 0.15) is 0 Å². The molecule has 0 saturated carbocycles. The third-order valence-corrected chi connectivity index (χ3v) is 2.22. The Labute approximate surface area is 75.4 Å². The molecule has 0 bridgehead atoms. The van der Waals surface area contributed by atoms with E-state index in [0.717, 1.165) is 5.56 Å². The first-order chi connectivity index (χ1) is 5.86. The quantitative estimate of drug-likeness (QED) is 0.304. The molecule has 0 aliphatic heterocycles. The number of nitrogens with zero attached hydrogens (tertiary/aromatic N) is 3. The fraction of sp³-hybridized carbons (Fsp3) is 0.250.